The molecule has 0 unspecified atom stereocenters. The Kier molecular flexibility index (Phi) is 2.97. The number of H-pyrrole nitrogens is 1. The van der Waals surface area contributed by atoms with E-state index in [4.69, 9.17) is 10.5 Å². The molecule has 1 aromatic carbocycles. The van der Waals surface area contributed by atoms with E-state index in [-0.39, 0.29) is 0 Å². The fourth-order valence-corrected chi connectivity index (χ4v) is 1.89. The van der Waals surface area contributed by atoms with Crippen molar-refractivity contribution >= 4 is 17.0 Å². The van der Waals surface area contributed by atoms with Crippen molar-refractivity contribution in [2.75, 3.05) is 13.7 Å². The van der Waals surface area contributed by atoms with Crippen LogP contribution in [0.2, 0.25) is 0 Å². The molecule has 16 heavy (non-hydrogen) atoms. The molecule has 0 radical (unpaired) electrons. The van der Waals surface area contributed by atoms with E-state index in [0.717, 1.165) is 27.9 Å². The Bertz CT molecular complexity index is 526. The van der Waals surface area contributed by atoms with Gasteiger partial charge in [0.1, 0.15) is 5.75 Å². The maximum Gasteiger partial charge on any atom is 0.135 e. The molecule has 0 aliphatic rings. The number of aromatic nitrogens is 1. The number of aromatic amines is 1. The maximum atomic E-state index is 5.46. The van der Waals surface area contributed by atoms with Gasteiger partial charge < -0.3 is 15.5 Å². The zero-order chi connectivity index (χ0) is 11.5. The fourth-order valence-electron chi connectivity index (χ4n) is 1.89. The van der Waals surface area contributed by atoms with Crippen LogP contribution in [0.15, 0.2) is 24.3 Å². The molecule has 2 aromatic rings. The highest BCUT2D eigenvalue weighted by molar-refractivity contribution is 5.90. The summed E-state index contributed by atoms with van der Waals surface area (Å²) in [4.78, 5) is 3.29. The average molecular weight is 216 g/mol. The van der Waals surface area contributed by atoms with Crippen LogP contribution in [0.25, 0.3) is 17.0 Å². The van der Waals surface area contributed by atoms with Crippen molar-refractivity contribution in [3.8, 4) is 5.75 Å². The molecule has 0 amide bonds. The summed E-state index contributed by atoms with van der Waals surface area (Å²) in [6.45, 7) is 2.57. The van der Waals surface area contributed by atoms with Crippen molar-refractivity contribution in [2.45, 2.75) is 6.92 Å². The average Bonchev–Trinajstić information content (AvgIpc) is 2.65. The van der Waals surface area contributed by atoms with E-state index in [1.165, 1.54) is 0 Å². The molecule has 3 heteroatoms. The third-order valence-electron chi connectivity index (χ3n) is 2.56. The first kappa shape index (κ1) is 10.8. The van der Waals surface area contributed by atoms with Crippen LogP contribution in [-0.2, 0) is 0 Å². The summed E-state index contributed by atoms with van der Waals surface area (Å²) in [5.41, 5.74) is 8.74. The van der Waals surface area contributed by atoms with Gasteiger partial charge in [0.05, 0.1) is 7.11 Å². The van der Waals surface area contributed by atoms with E-state index in [1.54, 1.807) is 7.11 Å². The summed E-state index contributed by atoms with van der Waals surface area (Å²) in [6, 6.07) is 6.18. The number of hydrogen-bond donors (Lipinski definition) is 2. The molecule has 0 atom stereocenters. The third kappa shape index (κ3) is 1.82. The van der Waals surface area contributed by atoms with Gasteiger partial charge in [-0.15, -0.1) is 0 Å². The van der Waals surface area contributed by atoms with Crippen LogP contribution in [0.4, 0.5) is 0 Å². The lowest BCUT2D eigenvalue weighted by atomic mass is 10.1. The normalized spacial score (nSPS) is 11.4. The van der Waals surface area contributed by atoms with Crippen molar-refractivity contribution in [2.24, 2.45) is 5.73 Å². The number of hydrogen-bond acceptors (Lipinski definition) is 2. The predicted octanol–water partition coefficient (Wildman–Crippen LogP) is 2.46. The highest BCUT2D eigenvalue weighted by Crippen LogP contribution is 2.31. The number of fused-ring (bicyclic) bond motifs is 1. The Balaban J connectivity index is 2.62. The molecular weight excluding hydrogens is 200 g/mol. The number of rotatable bonds is 3. The zero-order valence-electron chi connectivity index (χ0n) is 9.58. The van der Waals surface area contributed by atoms with Gasteiger partial charge in [-0.05, 0) is 25.1 Å². The van der Waals surface area contributed by atoms with Gasteiger partial charge in [0.15, 0.2) is 0 Å². The number of methoxy groups -OCH3 is 1. The van der Waals surface area contributed by atoms with Crippen molar-refractivity contribution in [3.63, 3.8) is 0 Å². The molecular formula is C13H16N2O. The summed E-state index contributed by atoms with van der Waals surface area (Å²) >= 11 is 0. The molecule has 0 spiro atoms. The van der Waals surface area contributed by atoms with E-state index in [1.807, 2.05) is 25.1 Å². The highest BCUT2D eigenvalue weighted by atomic mass is 16.5. The second kappa shape index (κ2) is 4.41. The molecule has 0 saturated heterocycles. The summed E-state index contributed by atoms with van der Waals surface area (Å²) in [5, 5.41) is 1.11. The first-order valence-electron chi connectivity index (χ1n) is 5.29. The fraction of sp³-hybridized carbons (Fsp3) is 0.231. The minimum Gasteiger partial charge on any atom is -0.495 e. The molecule has 0 aliphatic carbocycles. The van der Waals surface area contributed by atoms with Crippen LogP contribution in [0.3, 0.4) is 0 Å². The topological polar surface area (TPSA) is 51.0 Å². The Hall–Kier alpha value is -1.74. The van der Waals surface area contributed by atoms with Gasteiger partial charge in [0, 0.05) is 28.7 Å². The van der Waals surface area contributed by atoms with Gasteiger partial charge in [-0.25, -0.2) is 0 Å². The summed E-state index contributed by atoms with van der Waals surface area (Å²) in [6.07, 6.45) is 3.91. The summed E-state index contributed by atoms with van der Waals surface area (Å²) in [5.74, 6) is 0.895. The molecule has 1 heterocycles. The lowest BCUT2D eigenvalue weighted by Crippen LogP contribution is -1.93. The van der Waals surface area contributed by atoms with Crippen LogP contribution in [0.1, 0.15) is 11.3 Å². The number of benzene rings is 1. The maximum absolute atomic E-state index is 5.46. The number of nitrogens with one attached hydrogen (secondary N) is 1. The monoisotopic (exact) mass is 216 g/mol. The molecule has 2 rings (SSSR count). The smallest absolute Gasteiger partial charge is 0.135 e. The minimum atomic E-state index is 0.535. The lowest BCUT2D eigenvalue weighted by Gasteiger charge is -2.06. The second-order valence-corrected chi connectivity index (χ2v) is 3.74. The standard InChI is InChI=1S/C13H16N2O/c1-9-8-11-12(15-9)6-5-10(4-3-7-14)13(11)16-2/h3-6,8,15H,7,14H2,1-2H3/b4-3+. The zero-order valence-corrected chi connectivity index (χ0v) is 9.58. The van der Waals surface area contributed by atoms with Gasteiger partial charge in [-0.2, -0.15) is 0 Å². The predicted molar refractivity (Wildman–Crippen MR) is 67.7 cm³/mol. The second-order valence-electron chi connectivity index (χ2n) is 3.74. The van der Waals surface area contributed by atoms with Crippen LogP contribution >= 0.6 is 0 Å². The van der Waals surface area contributed by atoms with E-state index in [9.17, 15) is 0 Å². The van der Waals surface area contributed by atoms with Gasteiger partial charge in [-0.1, -0.05) is 12.2 Å². The SMILES string of the molecule is COc1c(/C=C/CN)ccc2[nH]c(C)cc12. The molecule has 84 valence electrons. The van der Waals surface area contributed by atoms with E-state index < -0.39 is 0 Å². The third-order valence-corrected chi connectivity index (χ3v) is 2.56. The molecule has 0 saturated carbocycles. The molecule has 0 bridgehead atoms. The van der Waals surface area contributed by atoms with Crippen LogP contribution < -0.4 is 10.5 Å². The Morgan fingerprint density at radius 3 is 2.94 bits per heavy atom. The molecule has 0 aliphatic heterocycles. The van der Waals surface area contributed by atoms with Crippen molar-refractivity contribution < 1.29 is 4.74 Å². The van der Waals surface area contributed by atoms with Crippen LogP contribution in [-0.4, -0.2) is 18.6 Å². The van der Waals surface area contributed by atoms with Crippen molar-refractivity contribution in [1.82, 2.24) is 4.98 Å². The van der Waals surface area contributed by atoms with Crippen LogP contribution in [0.5, 0.6) is 5.75 Å². The number of ether oxygens (including phenoxy) is 1. The van der Waals surface area contributed by atoms with Gasteiger partial charge >= 0.3 is 0 Å². The molecule has 0 fully saturated rings. The van der Waals surface area contributed by atoms with Gasteiger partial charge in [0.2, 0.25) is 0 Å². The Labute approximate surface area is 94.9 Å². The highest BCUT2D eigenvalue weighted by Gasteiger charge is 2.07. The van der Waals surface area contributed by atoms with Crippen molar-refractivity contribution in [3.05, 3.63) is 35.5 Å². The minimum absolute atomic E-state index is 0.535. The quantitative estimate of drug-likeness (QED) is 0.828. The van der Waals surface area contributed by atoms with Crippen molar-refractivity contribution in [1.29, 1.82) is 0 Å². The van der Waals surface area contributed by atoms with E-state index in [0.29, 0.717) is 6.54 Å². The molecule has 3 N–H and O–H groups in total. The largest absolute Gasteiger partial charge is 0.495 e. The molecule has 1 aromatic heterocycles. The first-order chi connectivity index (χ1) is 7.76. The number of aryl methyl sites for hydroxylation is 1. The summed E-state index contributed by atoms with van der Waals surface area (Å²) < 4.78 is 5.46. The van der Waals surface area contributed by atoms with E-state index >= 15 is 0 Å². The first-order valence-corrected chi connectivity index (χ1v) is 5.29. The Morgan fingerprint density at radius 2 is 2.25 bits per heavy atom. The number of nitrogens with two attached hydrogens (primary N) is 1. The molecule has 3 nitrogen and oxygen atoms in total. The van der Waals surface area contributed by atoms with Crippen LogP contribution in [0, 0.1) is 6.92 Å². The van der Waals surface area contributed by atoms with E-state index in [2.05, 4.69) is 17.1 Å². The van der Waals surface area contributed by atoms with Gasteiger partial charge in [0.25, 0.3) is 0 Å². The van der Waals surface area contributed by atoms with Gasteiger partial charge in [-0.3, -0.25) is 0 Å². The lowest BCUT2D eigenvalue weighted by molar-refractivity contribution is 0.419. The summed E-state index contributed by atoms with van der Waals surface area (Å²) in [7, 11) is 1.69. The Morgan fingerprint density at radius 1 is 1.44 bits per heavy atom.